The van der Waals surface area contributed by atoms with Crippen molar-refractivity contribution in [2.45, 2.75) is 52.4 Å². The minimum Gasteiger partial charge on any atom is -0.338 e. The lowest BCUT2D eigenvalue weighted by atomic mass is 9.89. The van der Waals surface area contributed by atoms with Gasteiger partial charge >= 0.3 is 0 Å². The molecule has 4 rings (SSSR count). The number of thiophene rings is 1. The molecule has 29 heavy (non-hydrogen) atoms. The second-order valence-corrected chi connectivity index (χ2v) is 8.99. The summed E-state index contributed by atoms with van der Waals surface area (Å²) < 4.78 is 14.9. The molecule has 0 spiro atoms. The smallest absolute Gasteiger partial charge is 0.264 e. The highest BCUT2D eigenvalue weighted by Crippen LogP contribution is 2.36. The molecule has 1 amide bonds. The predicted molar refractivity (Wildman–Crippen MR) is 120 cm³/mol. The fraction of sp³-hybridized carbons (Fsp3) is 0.542. The first-order chi connectivity index (χ1) is 14.0. The molecule has 3 heterocycles. The first-order valence-corrected chi connectivity index (χ1v) is 11.7. The van der Waals surface area contributed by atoms with Crippen LogP contribution in [0.3, 0.4) is 0 Å². The standard InChI is InChI=1S/C22H27FN2OS.C2H6/c1-15-13-20(27-21(15)22(26)25-9-3-4-10-25)18-6-5-17(14-19(18)23)16-7-11-24(2)12-8-16;1-2/h5-6,13-14,16H,3-4,7-12H2,1-2H3;1-2H3. The van der Waals surface area contributed by atoms with Gasteiger partial charge in [0.05, 0.1) is 4.88 Å². The number of carbonyl (C=O) groups excluding carboxylic acids is 1. The third-order valence-electron chi connectivity index (χ3n) is 5.95. The Hall–Kier alpha value is -1.72. The van der Waals surface area contributed by atoms with Gasteiger partial charge in [0.1, 0.15) is 5.82 Å². The van der Waals surface area contributed by atoms with Crippen LogP contribution in [0.1, 0.15) is 66.2 Å². The molecule has 0 N–H and O–H groups in total. The summed E-state index contributed by atoms with van der Waals surface area (Å²) in [6.45, 7) is 9.77. The number of benzene rings is 1. The second kappa shape index (κ2) is 9.86. The van der Waals surface area contributed by atoms with E-state index in [2.05, 4.69) is 18.0 Å². The average Bonchev–Trinajstić information content (AvgIpc) is 3.40. The molecule has 2 aliphatic rings. The van der Waals surface area contributed by atoms with Gasteiger partial charge in [0, 0.05) is 23.5 Å². The summed E-state index contributed by atoms with van der Waals surface area (Å²) in [6, 6.07) is 7.65. The minimum atomic E-state index is -0.173. The fourth-order valence-electron chi connectivity index (χ4n) is 4.22. The Labute approximate surface area is 178 Å². The SMILES string of the molecule is CC.Cc1cc(-c2ccc(C3CCN(C)CC3)cc2F)sc1C(=O)N1CCCC1. The Bertz CT molecular complexity index is 833. The van der Waals surface area contributed by atoms with Crippen LogP contribution in [0.25, 0.3) is 10.4 Å². The monoisotopic (exact) mass is 416 g/mol. The van der Waals surface area contributed by atoms with Gasteiger partial charge in [-0.3, -0.25) is 4.79 Å². The van der Waals surface area contributed by atoms with Crippen LogP contribution in [0.4, 0.5) is 4.39 Å². The van der Waals surface area contributed by atoms with Crippen LogP contribution < -0.4 is 0 Å². The Kier molecular flexibility index (Phi) is 7.47. The lowest BCUT2D eigenvalue weighted by molar-refractivity contribution is 0.0797. The van der Waals surface area contributed by atoms with Crippen molar-refractivity contribution in [1.82, 2.24) is 9.80 Å². The van der Waals surface area contributed by atoms with E-state index in [1.165, 1.54) is 11.3 Å². The van der Waals surface area contributed by atoms with Crippen molar-refractivity contribution in [1.29, 1.82) is 0 Å². The molecular formula is C24H33FN2OS. The second-order valence-electron chi connectivity index (χ2n) is 7.94. The molecule has 3 nitrogen and oxygen atoms in total. The number of piperidine rings is 1. The molecule has 5 heteroatoms. The van der Waals surface area contributed by atoms with Crippen LogP contribution in [0, 0.1) is 12.7 Å². The van der Waals surface area contributed by atoms with Crippen molar-refractivity contribution in [3.8, 4) is 10.4 Å². The number of nitrogens with zero attached hydrogens (tertiary/aromatic N) is 2. The van der Waals surface area contributed by atoms with E-state index in [9.17, 15) is 9.18 Å². The van der Waals surface area contributed by atoms with Crippen LogP contribution in [-0.2, 0) is 0 Å². The number of amides is 1. The zero-order valence-electron chi connectivity index (χ0n) is 18.1. The Morgan fingerprint density at radius 3 is 2.34 bits per heavy atom. The number of aryl methyl sites for hydroxylation is 1. The molecule has 0 bridgehead atoms. The summed E-state index contributed by atoms with van der Waals surface area (Å²) in [5, 5.41) is 0. The molecule has 0 radical (unpaired) electrons. The average molecular weight is 417 g/mol. The van der Waals surface area contributed by atoms with Crippen LogP contribution in [0.2, 0.25) is 0 Å². The zero-order chi connectivity index (χ0) is 21.0. The largest absolute Gasteiger partial charge is 0.338 e. The summed E-state index contributed by atoms with van der Waals surface area (Å²) >= 11 is 1.43. The van der Waals surface area contributed by atoms with E-state index in [4.69, 9.17) is 0 Å². The van der Waals surface area contributed by atoms with Gasteiger partial charge in [0.15, 0.2) is 0 Å². The van der Waals surface area contributed by atoms with Crippen LogP contribution in [0.15, 0.2) is 24.3 Å². The van der Waals surface area contributed by atoms with E-state index in [1.807, 2.05) is 37.8 Å². The maximum absolute atomic E-state index is 14.9. The van der Waals surface area contributed by atoms with Gasteiger partial charge in [0.25, 0.3) is 5.91 Å². The van der Waals surface area contributed by atoms with Crippen molar-refractivity contribution in [3.63, 3.8) is 0 Å². The molecule has 2 saturated heterocycles. The third-order valence-corrected chi connectivity index (χ3v) is 7.21. The molecular weight excluding hydrogens is 383 g/mol. The van der Waals surface area contributed by atoms with Crippen LogP contribution in [-0.4, -0.2) is 48.9 Å². The van der Waals surface area contributed by atoms with Gasteiger partial charge in [-0.25, -0.2) is 4.39 Å². The highest BCUT2D eigenvalue weighted by atomic mass is 32.1. The predicted octanol–water partition coefficient (Wildman–Crippen LogP) is 5.93. The van der Waals surface area contributed by atoms with E-state index < -0.39 is 0 Å². The molecule has 0 saturated carbocycles. The highest BCUT2D eigenvalue weighted by Gasteiger charge is 2.24. The third kappa shape index (κ3) is 4.89. The van der Waals surface area contributed by atoms with Crippen molar-refractivity contribution in [3.05, 3.63) is 46.1 Å². The van der Waals surface area contributed by atoms with Gasteiger partial charge < -0.3 is 9.80 Å². The molecule has 0 unspecified atom stereocenters. The summed E-state index contributed by atoms with van der Waals surface area (Å²) in [7, 11) is 2.14. The summed E-state index contributed by atoms with van der Waals surface area (Å²) in [5.74, 6) is 0.375. The van der Waals surface area contributed by atoms with Crippen molar-refractivity contribution < 1.29 is 9.18 Å². The first kappa shape index (κ1) is 22.0. The number of likely N-dealkylation sites (tertiary alicyclic amines) is 2. The first-order valence-electron chi connectivity index (χ1n) is 10.9. The Morgan fingerprint density at radius 1 is 1.07 bits per heavy atom. The minimum absolute atomic E-state index is 0.101. The Morgan fingerprint density at radius 2 is 1.72 bits per heavy atom. The van der Waals surface area contributed by atoms with Crippen molar-refractivity contribution in [2.75, 3.05) is 33.2 Å². The summed E-state index contributed by atoms with van der Waals surface area (Å²) in [4.78, 5) is 18.6. The molecule has 0 aliphatic carbocycles. The van der Waals surface area contributed by atoms with Gasteiger partial charge in [-0.15, -0.1) is 11.3 Å². The molecule has 158 valence electrons. The number of hydrogen-bond donors (Lipinski definition) is 0. The maximum Gasteiger partial charge on any atom is 0.264 e. The number of carbonyl (C=O) groups is 1. The van der Waals surface area contributed by atoms with E-state index in [-0.39, 0.29) is 11.7 Å². The molecule has 2 aromatic rings. The van der Waals surface area contributed by atoms with Crippen molar-refractivity contribution in [2.24, 2.45) is 0 Å². The quantitative estimate of drug-likeness (QED) is 0.619. The fourth-order valence-corrected chi connectivity index (χ4v) is 5.39. The van der Waals surface area contributed by atoms with Gasteiger partial charge in [-0.05, 0) is 81.9 Å². The van der Waals surface area contributed by atoms with Gasteiger partial charge in [-0.2, -0.15) is 0 Å². The number of halogens is 1. The summed E-state index contributed by atoms with van der Waals surface area (Å²) in [6.07, 6.45) is 4.33. The topological polar surface area (TPSA) is 23.6 Å². The lowest BCUT2D eigenvalue weighted by Crippen LogP contribution is -2.29. The van der Waals surface area contributed by atoms with Crippen molar-refractivity contribution >= 4 is 17.2 Å². The van der Waals surface area contributed by atoms with Crippen LogP contribution in [0.5, 0.6) is 0 Å². The van der Waals surface area contributed by atoms with E-state index in [0.29, 0.717) is 11.5 Å². The maximum atomic E-state index is 14.9. The van der Waals surface area contributed by atoms with E-state index >= 15 is 0 Å². The molecule has 2 aliphatic heterocycles. The van der Waals surface area contributed by atoms with E-state index in [1.54, 1.807) is 6.07 Å². The van der Waals surface area contributed by atoms with Gasteiger partial charge in [-0.1, -0.05) is 26.0 Å². The number of hydrogen-bond acceptors (Lipinski definition) is 3. The molecule has 2 fully saturated rings. The highest BCUT2D eigenvalue weighted by molar-refractivity contribution is 7.17. The van der Waals surface area contributed by atoms with Gasteiger partial charge in [0.2, 0.25) is 0 Å². The van der Waals surface area contributed by atoms with Crippen LogP contribution >= 0.6 is 11.3 Å². The lowest BCUT2D eigenvalue weighted by Gasteiger charge is -2.29. The zero-order valence-corrected chi connectivity index (χ0v) is 18.9. The summed E-state index contributed by atoms with van der Waals surface area (Å²) in [5.41, 5.74) is 2.66. The Balaban J connectivity index is 0.00000117. The molecule has 1 aromatic carbocycles. The van der Waals surface area contributed by atoms with E-state index in [0.717, 1.165) is 72.7 Å². The molecule has 1 aromatic heterocycles. The molecule has 0 atom stereocenters. The number of rotatable bonds is 3. The normalized spacial score (nSPS) is 17.9.